The maximum atomic E-state index is 13.3. The second-order valence-electron chi connectivity index (χ2n) is 10.1. The fourth-order valence-electron chi connectivity index (χ4n) is 5.38. The SMILES string of the molecule is CC(C)Oc1ccc(CCC2(C3CCCC3)CC(O)=C(Sc3nc4cc(Cl)ccc4[nH]3)C(=O)O2)cc1Cl. The molecular weight excluding hydrogens is 531 g/mol. The zero-order valence-electron chi connectivity index (χ0n) is 20.9. The minimum absolute atomic E-state index is 0.0369. The maximum absolute atomic E-state index is 13.3. The van der Waals surface area contributed by atoms with Crippen LogP contribution in [0.3, 0.4) is 0 Å². The van der Waals surface area contributed by atoms with Gasteiger partial charge in [0.05, 0.1) is 22.2 Å². The highest BCUT2D eigenvalue weighted by Crippen LogP contribution is 2.48. The van der Waals surface area contributed by atoms with Gasteiger partial charge in [0.25, 0.3) is 0 Å². The lowest BCUT2D eigenvalue weighted by Crippen LogP contribution is -2.45. The third-order valence-electron chi connectivity index (χ3n) is 7.13. The number of hydrogen-bond donors (Lipinski definition) is 2. The number of hydrogen-bond acceptors (Lipinski definition) is 6. The molecule has 9 heteroatoms. The van der Waals surface area contributed by atoms with Crippen molar-refractivity contribution in [3.8, 4) is 5.75 Å². The summed E-state index contributed by atoms with van der Waals surface area (Å²) in [7, 11) is 0. The number of nitrogens with zero attached hydrogens (tertiary/aromatic N) is 1. The molecule has 1 aliphatic heterocycles. The lowest BCUT2D eigenvalue weighted by Gasteiger charge is -2.41. The lowest BCUT2D eigenvalue weighted by molar-refractivity contribution is -0.166. The zero-order chi connectivity index (χ0) is 26.2. The molecular formula is C28H30Cl2N2O4S. The van der Waals surface area contributed by atoms with Crippen molar-refractivity contribution in [3.05, 3.63) is 62.7 Å². The van der Waals surface area contributed by atoms with Crippen molar-refractivity contribution < 1.29 is 19.4 Å². The topological polar surface area (TPSA) is 84.4 Å². The number of fused-ring (bicyclic) bond motifs is 1. The maximum Gasteiger partial charge on any atom is 0.349 e. The third kappa shape index (κ3) is 5.74. The number of aliphatic hydroxyl groups excluding tert-OH is 1. The summed E-state index contributed by atoms with van der Waals surface area (Å²) in [6, 6.07) is 11.2. The highest BCUT2D eigenvalue weighted by Gasteiger charge is 2.48. The van der Waals surface area contributed by atoms with E-state index in [1.54, 1.807) is 12.1 Å². The summed E-state index contributed by atoms with van der Waals surface area (Å²) in [4.78, 5) is 21.2. The van der Waals surface area contributed by atoms with E-state index in [1.807, 2.05) is 38.1 Å². The Morgan fingerprint density at radius 3 is 2.70 bits per heavy atom. The monoisotopic (exact) mass is 560 g/mol. The number of aromatic amines is 1. The number of carbonyl (C=O) groups excluding carboxylic acids is 1. The van der Waals surface area contributed by atoms with E-state index in [0.717, 1.165) is 48.5 Å². The molecule has 0 saturated heterocycles. The van der Waals surface area contributed by atoms with Gasteiger partial charge >= 0.3 is 5.97 Å². The first kappa shape index (κ1) is 26.3. The minimum atomic E-state index is -0.747. The molecule has 1 aromatic heterocycles. The number of thioether (sulfide) groups is 1. The molecule has 1 aliphatic carbocycles. The zero-order valence-corrected chi connectivity index (χ0v) is 23.2. The van der Waals surface area contributed by atoms with Gasteiger partial charge in [-0.05, 0) is 93.1 Å². The number of aryl methyl sites for hydroxylation is 1. The first-order valence-electron chi connectivity index (χ1n) is 12.7. The summed E-state index contributed by atoms with van der Waals surface area (Å²) in [6.45, 7) is 3.92. The summed E-state index contributed by atoms with van der Waals surface area (Å²) in [5, 5.41) is 12.8. The second kappa shape index (κ2) is 10.8. The third-order valence-corrected chi connectivity index (χ3v) is 8.65. The van der Waals surface area contributed by atoms with Crippen LogP contribution in [-0.2, 0) is 16.0 Å². The quantitative estimate of drug-likeness (QED) is 0.271. The van der Waals surface area contributed by atoms with Gasteiger partial charge in [0.15, 0.2) is 5.16 Å². The Balaban J connectivity index is 1.36. The van der Waals surface area contributed by atoms with E-state index in [0.29, 0.717) is 45.7 Å². The summed E-state index contributed by atoms with van der Waals surface area (Å²) in [5.41, 5.74) is 1.80. The van der Waals surface area contributed by atoms with Crippen molar-refractivity contribution in [2.24, 2.45) is 5.92 Å². The summed E-state index contributed by atoms with van der Waals surface area (Å²) in [5.74, 6) is 0.422. The van der Waals surface area contributed by atoms with Gasteiger partial charge in [-0.3, -0.25) is 0 Å². The second-order valence-corrected chi connectivity index (χ2v) is 12.0. The van der Waals surface area contributed by atoms with Gasteiger partial charge < -0.3 is 19.6 Å². The number of imidazole rings is 1. The highest BCUT2D eigenvalue weighted by atomic mass is 35.5. The molecule has 2 aliphatic rings. The predicted molar refractivity (Wildman–Crippen MR) is 148 cm³/mol. The van der Waals surface area contributed by atoms with Gasteiger partial charge in [-0.1, -0.05) is 42.1 Å². The standard InChI is InChI=1S/C28H30Cl2N2O4S/c1-16(2)35-24-10-7-17(13-20(24)30)11-12-28(18-5-3-4-6-18)15-23(33)25(26(34)36-28)37-27-31-21-9-8-19(29)14-22(21)32-27/h7-10,13-14,16,18,33H,3-6,11-12,15H2,1-2H3,(H,31,32). The van der Waals surface area contributed by atoms with Gasteiger partial charge in [0.1, 0.15) is 22.0 Å². The number of benzene rings is 2. The van der Waals surface area contributed by atoms with Crippen LogP contribution in [0.15, 0.2) is 52.2 Å². The first-order valence-corrected chi connectivity index (χ1v) is 14.2. The van der Waals surface area contributed by atoms with Gasteiger partial charge in [0, 0.05) is 11.4 Å². The van der Waals surface area contributed by atoms with Crippen LogP contribution in [-0.4, -0.2) is 32.7 Å². The molecule has 5 rings (SSSR count). The van der Waals surface area contributed by atoms with Crippen LogP contribution in [0.5, 0.6) is 5.75 Å². The molecule has 1 atom stereocenters. The smallest absolute Gasteiger partial charge is 0.349 e. The van der Waals surface area contributed by atoms with Crippen LogP contribution in [0.25, 0.3) is 11.0 Å². The number of nitrogens with one attached hydrogen (secondary N) is 1. The van der Waals surface area contributed by atoms with Crippen LogP contribution in [0.1, 0.15) is 57.9 Å². The van der Waals surface area contributed by atoms with E-state index >= 15 is 0 Å². The summed E-state index contributed by atoms with van der Waals surface area (Å²) >= 11 is 13.6. The highest BCUT2D eigenvalue weighted by molar-refractivity contribution is 8.03. The van der Waals surface area contributed by atoms with Crippen molar-refractivity contribution in [2.75, 3.05) is 0 Å². The van der Waals surface area contributed by atoms with E-state index in [2.05, 4.69) is 9.97 Å². The van der Waals surface area contributed by atoms with Crippen molar-refractivity contribution in [3.63, 3.8) is 0 Å². The molecule has 0 spiro atoms. The Hall–Kier alpha value is -2.35. The minimum Gasteiger partial charge on any atom is -0.511 e. The Bertz CT molecular complexity index is 1350. The predicted octanol–water partition coefficient (Wildman–Crippen LogP) is 8.03. The average Bonchev–Trinajstić information content (AvgIpc) is 3.51. The van der Waals surface area contributed by atoms with Crippen LogP contribution in [0, 0.1) is 5.92 Å². The number of H-pyrrole nitrogens is 1. The number of ether oxygens (including phenoxy) is 2. The van der Waals surface area contributed by atoms with E-state index in [9.17, 15) is 9.90 Å². The molecule has 1 saturated carbocycles. The van der Waals surface area contributed by atoms with Crippen LogP contribution in [0.4, 0.5) is 0 Å². The van der Waals surface area contributed by atoms with Crippen LogP contribution < -0.4 is 4.74 Å². The molecule has 0 radical (unpaired) electrons. The molecule has 6 nitrogen and oxygen atoms in total. The lowest BCUT2D eigenvalue weighted by atomic mass is 9.77. The van der Waals surface area contributed by atoms with Crippen molar-refractivity contribution in [2.45, 2.75) is 75.7 Å². The molecule has 37 heavy (non-hydrogen) atoms. The fraction of sp³-hybridized carbons (Fsp3) is 0.429. The van der Waals surface area contributed by atoms with Gasteiger partial charge in [-0.2, -0.15) is 0 Å². The Labute approximate surface area is 230 Å². The van der Waals surface area contributed by atoms with E-state index in [-0.39, 0.29) is 22.7 Å². The van der Waals surface area contributed by atoms with Gasteiger partial charge in [-0.25, -0.2) is 9.78 Å². The first-order chi connectivity index (χ1) is 17.7. The Morgan fingerprint density at radius 2 is 2.00 bits per heavy atom. The molecule has 196 valence electrons. The van der Waals surface area contributed by atoms with Crippen molar-refractivity contribution in [1.82, 2.24) is 9.97 Å². The molecule has 2 heterocycles. The number of rotatable bonds is 8. The molecule has 0 amide bonds. The Kier molecular flexibility index (Phi) is 7.66. The molecule has 1 unspecified atom stereocenters. The van der Waals surface area contributed by atoms with E-state index < -0.39 is 11.6 Å². The molecule has 1 fully saturated rings. The van der Waals surface area contributed by atoms with Crippen molar-refractivity contribution >= 4 is 52.0 Å². The fourth-order valence-corrected chi connectivity index (χ4v) is 6.61. The number of cyclic esters (lactones) is 1. The number of carbonyl (C=O) groups is 1. The van der Waals surface area contributed by atoms with Crippen LogP contribution in [0.2, 0.25) is 10.0 Å². The van der Waals surface area contributed by atoms with Crippen LogP contribution >= 0.6 is 35.0 Å². The van der Waals surface area contributed by atoms with E-state index in [4.69, 9.17) is 32.7 Å². The molecule has 2 N–H and O–H groups in total. The molecule has 0 bridgehead atoms. The number of aromatic nitrogens is 2. The average molecular weight is 562 g/mol. The normalized spacial score (nSPS) is 20.7. The number of aliphatic hydroxyl groups is 1. The number of esters is 1. The summed E-state index contributed by atoms with van der Waals surface area (Å²) in [6.07, 6.45) is 5.77. The van der Waals surface area contributed by atoms with Crippen molar-refractivity contribution in [1.29, 1.82) is 0 Å². The number of halogens is 2. The largest absolute Gasteiger partial charge is 0.511 e. The van der Waals surface area contributed by atoms with Gasteiger partial charge in [0.2, 0.25) is 0 Å². The summed E-state index contributed by atoms with van der Waals surface area (Å²) < 4.78 is 12.0. The van der Waals surface area contributed by atoms with E-state index in [1.165, 1.54) is 0 Å². The van der Waals surface area contributed by atoms with Gasteiger partial charge in [-0.15, -0.1) is 0 Å². The molecule has 2 aromatic carbocycles. The Morgan fingerprint density at radius 1 is 1.22 bits per heavy atom. The molecule has 3 aromatic rings.